The fourth-order valence-electron chi connectivity index (χ4n) is 2.43. The molecule has 2 N–H and O–H groups in total. The number of rotatable bonds is 2. The Kier molecular flexibility index (Phi) is 3.19. The second-order valence-corrected chi connectivity index (χ2v) is 4.83. The van der Waals surface area contributed by atoms with E-state index < -0.39 is 0 Å². The molecule has 0 saturated carbocycles. The normalized spacial score (nSPS) is 22.8. The average molecular weight is 244 g/mol. The zero-order chi connectivity index (χ0) is 13.3. The molecule has 0 unspecified atom stereocenters. The number of nitriles is 1. The van der Waals surface area contributed by atoms with Gasteiger partial charge in [0, 0.05) is 19.3 Å². The third kappa shape index (κ3) is 2.02. The van der Waals surface area contributed by atoms with Gasteiger partial charge in [-0.1, -0.05) is 6.92 Å². The van der Waals surface area contributed by atoms with Gasteiger partial charge in [-0.25, -0.2) is 4.98 Å². The molecule has 0 spiro atoms. The quantitative estimate of drug-likeness (QED) is 0.834. The number of nitrogens with two attached hydrogens (primary N) is 1. The van der Waals surface area contributed by atoms with Crippen LogP contribution in [0.1, 0.15) is 18.1 Å². The number of primary amides is 1. The molecule has 94 valence electrons. The molecule has 0 bridgehead atoms. The van der Waals surface area contributed by atoms with E-state index in [9.17, 15) is 10.1 Å². The Morgan fingerprint density at radius 3 is 2.89 bits per heavy atom. The van der Waals surface area contributed by atoms with Crippen molar-refractivity contribution in [3.05, 3.63) is 23.4 Å². The first-order valence-electron chi connectivity index (χ1n) is 5.94. The van der Waals surface area contributed by atoms with Gasteiger partial charge in [-0.05, 0) is 24.5 Å². The summed E-state index contributed by atoms with van der Waals surface area (Å²) in [7, 11) is 0. The van der Waals surface area contributed by atoms with E-state index in [1.807, 2.05) is 24.8 Å². The Morgan fingerprint density at radius 1 is 1.61 bits per heavy atom. The fraction of sp³-hybridized carbons (Fsp3) is 0.462. The molecule has 2 heterocycles. The summed E-state index contributed by atoms with van der Waals surface area (Å²) in [6.07, 6.45) is 1.69. The zero-order valence-corrected chi connectivity index (χ0v) is 10.6. The number of hydrogen-bond donors (Lipinski definition) is 1. The summed E-state index contributed by atoms with van der Waals surface area (Å²) in [6, 6.07) is 3.99. The van der Waals surface area contributed by atoms with E-state index in [-0.39, 0.29) is 17.7 Å². The summed E-state index contributed by atoms with van der Waals surface area (Å²) < 4.78 is 0. The highest BCUT2D eigenvalue weighted by molar-refractivity contribution is 5.78. The maximum Gasteiger partial charge on any atom is 0.222 e. The van der Waals surface area contributed by atoms with Gasteiger partial charge in [-0.2, -0.15) is 5.26 Å². The molecule has 5 heteroatoms. The van der Waals surface area contributed by atoms with Gasteiger partial charge in [0.25, 0.3) is 0 Å². The first-order chi connectivity index (χ1) is 8.54. The first kappa shape index (κ1) is 12.4. The zero-order valence-electron chi connectivity index (χ0n) is 10.6. The second-order valence-electron chi connectivity index (χ2n) is 4.83. The van der Waals surface area contributed by atoms with Crippen LogP contribution in [0.3, 0.4) is 0 Å². The lowest BCUT2D eigenvalue weighted by Gasteiger charge is -2.18. The first-order valence-corrected chi connectivity index (χ1v) is 5.94. The molecule has 1 aromatic rings. The number of hydrogen-bond acceptors (Lipinski definition) is 4. The van der Waals surface area contributed by atoms with Gasteiger partial charge in [0.05, 0.1) is 11.5 Å². The second kappa shape index (κ2) is 4.65. The Labute approximate surface area is 106 Å². The lowest BCUT2D eigenvalue weighted by molar-refractivity contribution is -0.122. The van der Waals surface area contributed by atoms with Crippen LogP contribution in [0.5, 0.6) is 0 Å². The van der Waals surface area contributed by atoms with Gasteiger partial charge in [-0.3, -0.25) is 4.79 Å². The van der Waals surface area contributed by atoms with Crippen molar-refractivity contribution in [3.8, 4) is 6.07 Å². The summed E-state index contributed by atoms with van der Waals surface area (Å²) in [5, 5.41) is 9.19. The number of aromatic nitrogens is 1. The maximum atomic E-state index is 11.3. The number of carbonyl (C=O) groups is 1. The van der Waals surface area contributed by atoms with Gasteiger partial charge in [-0.15, -0.1) is 0 Å². The van der Waals surface area contributed by atoms with Gasteiger partial charge >= 0.3 is 0 Å². The van der Waals surface area contributed by atoms with Crippen LogP contribution in [0, 0.1) is 30.1 Å². The molecule has 1 aliphatic heterocycles. The topological polar surface area (TPSA) is 83.0 Å². The molecule has 0 radical (unpaired) electrons. The van der Waals surface area contributed by atoms with E-state index in [2.05, 4.69) is 11.1 Å². The van der Waals surface area contributed by atoms with Crippen molar-refractivity contribution in [2.24, 2.45) is 17.6 Å². The average Bonchev–Trinajstić information content (AvgIpc) is 2.71. The number of amides is 1. The minimum absolute atomic E-state index is 0.168. The minimum atomic E-state index is -0.281. The molecule has 0 aromatic carbocycles. The molecule has 1 saturated heterocycles. The molecule has 1 aromatic heterocycles. The number of pyridine rings is 1. The Bertz CT molecular complexity index is 520. The molecule has 1 fully saturated rings. The van der Waals surface area contributed by atoms with Crippen molar-refractivity contribution in [1.82, 2.24) is 4.98 Å². The van der Waals surface area contributed by atoms with Crippen LogP contribution in [0.15, 0.2) is 12.3 Å². The van der Waals surface area contributed by atoms with Crippen molar-refractivity contribution >= 4 is 11.7 Å². The van der Waals surface area contributed by atoms with Crippen LogP contribution in [0.2, 0.25) is 0 Å². The number of aryl methyl sites for hydroxylation is 1. The van der Waals surface area contributed by atoms with E-state index in [0.29, 0.717) is 24.5 Å². The summed E-state index contributed by atoms with van der Waals surface area (Å²) in [5.74, 6) is 0.402. The van der Waals surface area contributed by atoms with Crippen molar-refractivity contribution in [3.63, 3.8) is 0 Å². The van der Waals surface area contributed by atoms with Crippen LogP contribution in [-0.2, 0) is 4.79 Å². The molecule has 2 atom stereocenters. The summed E-state index contributed by atoms with van der Waals surface area (Å²) in [6.45, 7) is 5.13. The van der Waals surface area contributed by atoms with Crippen molar-refractivity contribution < 1.29 is 4.79 Å². The molecule has 18 heavy (non-hydrogen) atoms. The highest BCUT2D eigenvalue weighted by Gasteiger charge is 2.35. The van der Waals surface area contributed by atoms with Crippen molar-refractivity contribution in [2.75, 3.05) is 18.0 Å². The Balaban J connectivity index is 2.33. The molecule has 0 aliphatic carbocycles. The van der Waals surface area contributed by atoms with Crippen LogP contribution in [-0.4, -0.2) is 24.0 Å². The lowest BCUT2D eigenvalue weighted by Crippen LogP contribution is -2.29. The summed E-state index contributed by atoms with van der Waals surface area (Å²) >= 11 is 0. The number of anilines is 1. The smallest absolute Gasteiger partial charge is 0.222 e. The van der Waals surface area contributed by atoms with Gasteiger partial charge in [0.2, 0.25) is 5.91 Å². The van der Waals surface area contributed by atoms with Crippen LogP contribution in [0.4, 0.5) is 5.82 Å². The molecular weight excluding hydrogens is 228 g/mol. The van der Waals surface area contributed by atoms with E-state index in [0.717, 1.165) is 5.56 Å². The molecule has 5 nitrogen and oxygen atoms in total. The van der Waals surface area contributed by atoms with Crippen molar-refractivity contribution in [2.45, 2.75) is 13.8 Å². The van der Waals surface area contributed by atoms with Gasteiger partial charge in [0.15, 0.2) is 0 Å². The predicted octanol–water partition coefficient (Wildman–Crippen LogP) is 0.819. The SMILES string of the molecule is Cc1ccnc(N2C[C@@H](C)[C@H](C(N)=O)C2)c1C#N. The Hall–Kier alpha value is -2.09. The van der Waals surface area contributed by atoms with Crippen molar-refractivity contribution in [1.29, 1.82) is 5.26 Å². The van der Waals surface area contributed by atoms with E-state index >= 15 is 0 Å². The van der Waals surface area contributed by atoms with Crippen LogP contribution in [0.25, 0.3) is 0 Å². The third-order valence-electron chi connectivity index (χ3n) is 3.53. The van der Waals surface area contributed by atoms with Gasteiger partial charge in [0.1, 0.15) is 11.9 Å². The van der Waals surface area contributed by atoms with E-state index in [1.165, 1.54) is 0 Å². The number of nitrogens with zero attached hydrogens (tertiary/aromatic N) is 3. The Morgan fingerprint density at radius 2 is 2.33 bits per heavy atom. The highest BCUT2D eigenvalue weighted by Crippen LogP contribution is 2.29. The van der Waals surface area contributed by atoms with Crippen LogP contribution >= 0.6 is 0 Å². The molecular formula is C13H16N4O. The highest BCUT2D eigenvalue weighted by atomic mass is 16.1. The summed E-state index contributed by atoms with van der Waals surface area (Å²) in [5.41, 5.74) is 6.86. The predicted molar refractivity (Wildman–Crippen MR) is 67.8 cm³/mol. The number of carbonyl (C=O) groups excluding carboxylic acids is 1. The molecule has 2 rings (SSSR count). The standard InChI is InChI=1S/C13H16N4O/c1-8-3-4-16-13(10(8)5-14)17-6-9(2)11(7-17)12(15)18/h3-4,9,11H,6-7H2,1-2H3,(H2,15,18)/t9-,11-/m1/s1. The van der Waals surface area contributed by atoms with E-state index in [4.69, 9.17) is 5.73 Å². The molecule has 1 aliphatic rings. The third-order valence-corrected chi connectivity index (χ3v) is 3.53. The fourth-order valence-corrected chi connectivity index (χ4v) is 2.43. The minimum Gasteiger partial charge on any atom is -0.369 e. The maximum absolute atomic E-state index is 11.3. The van der Waals surface area contributed by atoms with Gasteiger partial charge < -0.3 is 10.6 Å². The molecule has 1 amide bonds. The largest absolute Gasteiger partial charge is 0.369 e. The summed E-state index contributed by atoms with van der Waals surface area (Å²) in [4.78, 5) is 17.6. The van der Waals surface area contributed by atoms with E-state index in [1.54, 1.807) is 6.20 Å². The lowest BCUT2D eigenvalue weighted by atomic mass is 9.98. The monoisotopic (exact) mass is 244 g/mol. The van der Waals surface area contributed by atoms with Crippen LogP contribution < -0.4 is 10.6 Å².